The third-order valence-corrected chi connectivity index (χ3v) is 4.20. The van der Waals surface area contributed by atoms with E-state index in [1.807, 2.05) is 13.0 Å². The fraction of sp³-hybridized carbons (Fsp3) is 0.421. The smallest absolute Gasteiger partial charge is 0.251 e. The first-order valence-electron chi connectivity index (χ1n) is 9.00. The van der Waals surface area contributed by atoms with Crippen molar-refractivity contribution in [2.45, 2.75) is 6.92 Å². The summed E-state index contributed by atoms with van der Waals surface area (Å²) in [6.07, 6.45) is 0. The Morgan fingerprint density at radius 1 is 1.22 bits per heavy atom. The third kappa shape index (κ3) is 5.30. The van der Waals surface area contributed by atoms with Crippen molar-refractivity contribution in [3.63, 3.8) is 0 Å². The number of aromatic nitrogens is 2. The number of benzene rings is 1. The highest BCUT2D eigenvalue weighted by Crippen LogP contribution is 2.16. The molecule has 0 atom stereocenters. The summed E-state index contributed by atoms with van der Waals surface area (Å²) in [4.78, 5) is 23.4. The molecule has 0 radical (unpaired) electrons. The highest BCUT2D eigenvalue weighted by molar-refractivity contribution is 5.94. The molecule has 2 aromatic rings. The number of nitrogens with one attached hydrogen (secondary N) is 2. The Kier molecular flexibility index (Phi) is 6.43. The molecule has 1 aliphatic heterocycles. The molecule has 0 saturated carbocycles. The summed E-state index contributed by atoms with van der Waals surface area (Å²) in [7, 11) is 1.58. The van der Waals surface area contributed by atoms with Crippen molar-refractivity contribution < 1.29 is 14.3 Å². The van der Waals surface area contributed by atoms with Crippen LogP contribution in [-0.4, -0.2) is 62.4 Å². The molecular weight excluding hydrogens is 346 g/mol. The van der Waals surface area contributed by atoms with Crippen LogP contribution in [-0.2, 0) is 4.74 Å². The lowest BCUT2D eigenvalue weighted by Gasteiger charge is -2.28. The van der Waals surface area contributed by atoms with Gasteiger partial charge in [-0.05, 0) is 25.1 Å². The number of carbonyl (C=O) groups is 1. The minimum absolute atomic E-state index is 0.144. The van der Waals surface area contributed by atoms with Gasteiger partial charge in [-0.15, -0.1) is 0 Å². The number of rotatable bonds is 7. The standard InChI is InChI=1S/C19H25N5O3/c1-14-12-17(24-8-10-27-11-9-24)23-19(22-14)21-7-6-20-18(25)15-4-3-5-16(13-15)26-2/h3-5,12-13H,6-11H2,1-2H3,(H,20,25)(H,21,22,23). The fourth-order valence-corrected chi connectivity index (χ4v) is 2.80. The van der Waals surface area contributed by atoms with Gasteiger partial charge in [-0.3, -0.25) is 4.79 Å². The summed E-state index contributed by atoms with van der Waals surface area (Å²) < 4.78 is 10.5. The molecule has 1 aromatic carbocycles. The van der Waals surface area contributed by atoms with Gasteiger partial charge in [-0.1, -0.05) is 6.07 Å². The van der Waals surface area contributed by atoms with Gasteiger partial charge < -0.3 is 25.0 Å². The van der Waals surface area contributed by atoms with Crippen LogP contribution in [0.1, 0.15) is 16.1 Å². The second-order valence-electron chi connectivity index (χ2n) is 6.21. The van der Waals surface area contributed by atoms with Crippen molar-refractivity contribution in [3.05, 3.63) is 41.6 Å². The molecule has 1 amide bonds. The molecule has 3 rings (SSSR count). The molecule has 2 N–H and O–H groups in total. The van der Waals surface area contributed by atoms with Gasteiger partial charge in [0.15, 0.2) is 0 Å². The first-order valence-corrected chi connectivity index (χ1v) is 9.00. The summed E-state index contributed by atoms with van der Waals surface area (Å²) >= 11 is 0. The summed E-state index contributed by atoms with van der Waals surface area (Å²) in [5.74, 6) is 1.97. The zero-order valence-electron chi connectivity index (χ0n) is 15.7. The lowest BCUT2D eigenvalue weighted by Crippen LogP contribution is -2.37. The zero-order valence-corrected chi connectivity index (χ0v) is 15.7. The largest absolute Gasteiger partial charge is 0.497 e. The molecule has 144 valence electrons. The SMILES string of the molecule is COc1cccc(C(=O)NCCNc2nc(C)cc(N3CCOCC3)n2)c1. The Morgan fingerprint density at radius 3 is 2.81 bits per heavy atom. The molecule has 27 heavy (non-hydrogen) atoms. The number of hydrogen-bond acceptors (Lipinski definition) is 7. The van der Waals surface area contributed by atoms with Gasteiger partial charge in [0.25, 0.3) is 5.91 Å². The van der Waals surface area contributed by atoms with Crippen LogP contribution in [0.25, 0.3) is 0 Å². The van der Waals surface area contributed by atoms with Crippen LogP contribution in [0.5, 0.6) is 5.75 Å². The molecule has 0 aliphatic carbocycles. The molecular formula is C19H25N5O3. The topological polar surface area (TPSA) is 88.6 Å². The number of ether oxygens (including phenoxy) is 2. The average molecular weight is 371 g/mol. The molecule has 1 saturated heterocycles. The summed E-state index contributed by atoms with van der Waals surface area (Å²) in [6, 6.07) is 9.03. The Hall–Kier alpha value is -2.87. The van der Waals surface area contributed by atoms with Gasteiger partial charge in [-0.25, -0.2) is 4.98 Å². The normalized spacial score (nSPS) is 13.9. The van der Waals surface area contributed by atoms with Crippen molar-refractivity contribution in [3.8, 4) is 5.75 Å². The Bertz CT molecular complexity index is 778. The van der Waals surface area contributed by atoms with Gasteiger partial charge in [0, 0.05) is 43.5 Å². The molecule has 0 spiro atoms. The van der Waals surface area contributed by atoms with Crippen LogP contribution < -0.4 is 20.3 Å². The molecule has 1 aromatic heterocycles. The van der Waals surface area contributed by atoms with Gasteiger partial charge in [0.1, 0.15) is 11.6 Å². The van der Waals surface area contributed by atoms with E-state index < -0.39 is 0 Å². The van der Waals surface area contributed by atoms with E-state index in [0.717, 1.165) is 24.6 Å². The molecule has 1 aliphatic rings. The van der Waals surface area contributed by atoms with Crippen LogP contribution in [0.4, 0.5) is 11.8 Å². The van der Waals surface area contributed by atoms with Crippen LogP contribution in [0.15, 0.2) is 30.3 Å². The van der Waals surface area contributed by atoms with E-state index in [9.17, 15) is 4.79 Å². The summed E-state index contributed by atoms with van der Waals surface area (Å²) in [5, 5.41) is 6.05. The molecule has 8 nitrogen and oxygen atoms in total. The zero-order chi connectivity index (χ0) is 19.1. The molecule has 1 fully saturated rings. The molecule has 8 heteroatoms. The number of methoxy groups -OCH3 is 1. The molecule has 2 heterocycles. The lowest BCUT2D eigenvalue weighted by atomic mass is 10.2. The minimum Gasteiger partial charge on any atom is -0.497 e. The van der Waals surface area contributed by atoms with Crippen molar-refractivity contribution in [1.29, 1.82) is 0 Å². The highest BCUT2D eigenvalue weighted by Gasteiger charge is 2.14. The van der Waals surface area contributed by atoms with E-state index in [4.69, 9.17) is 9.47 Å². The first kappa shape index (κ1) is 18.9. The Balaban J connectivity index is 1.51. The van der Waals surface area contributed by atoms with E-state index in [1.165, 1.54) is 0 Å². The summed E-state index contributed by atoms with van der Waals surface area (Å²) in [6.45, 7) is 6.01. The first-order chi connectivity index (χ1) is 13.2. The average Bonchev–Trinajstić information content (AvgIpc) is 2.71. The van der Waals surface area contributed by atoms with Crippen molar-refractivity contribution in [2.24, 2.45) is 0 Å². The number of anilines is 2. The van der Waals surface area contributed by atoms with Crippen molar-refractivity contribution >= 4 is 17.7 Å². The second kappa shape index (κ2) is 9.18. The summed E-state index contributed by atoms with van der Waals surface area (Å²) in [5.41, 5.74) is 1.46. The number of hydrogen-bond donors (Lipinski definition) is 2. The highest BCUT2D eigenvalue weighted by atomic mass is 16.5. The van der Waals surface area contributed by atoms with Gasteiger partial charge >= 0.3 is 0 Å². The third-order valence-electron chi connectivity index (χ3n) is 4.20. The van der Waals surface area contributed by atoms with E-state index >= 15 is 0 Å². The Morgan fingerprint density at radius 2 is 2.04 bits per heavy atom. The number of morpholine rings is 1. The molecule has 0 bridgehead atoms. The van der Waals surface area contributed by atoms with E-state index in [-0.39, 0.29) is 5.91 Å². The van der Waals surface area contributed by atoms with Crippen LogP contribution in [0.2, 0.25) is 0 Å². The van der Waals surface area contributed by atoms with Crippen molar-refractivity contribution in [2.75, 3.05) is 56.7 Å². The van der Waals surface area contributed by atoms with Crippen LogP contribution in [0.3, 0.4) is 0 Å². The van der Waals surface area contributed by atoms with Crippen molar-refractivity contribution in [1.82, 2.24) is 15.3 Å². The fourth-order valence-electron chi connectivity index (χ4n) is 2.80. The Labute approximate surface area is 158 Å². The van der Waals surface area contributed by atoms with E-state index in [2.05, 4.69) is 25.5 Å². The van der Waals surface area contributed by atoms with E-state index in [0.29, 0.717) is 43.6 Å². The monoisotopic (exact) mass is 371 g/mol. The van der Waals surface area contributed by atoms with Gasteiger partial charge in [0.2, 0.25) is 5.95 Å². The van der Waals surface area contributed by atoms with Crippen LogP contribution in [0, 0.1) is 6.92 Å². The maximum Gasteiger partial charge on any atom is 0.251 e. The predicted octanol–water partition coefficient (Wildman–Crippen LogP) is 1.47. The number of carbonyl (C=O) groups excluding carboxylic acids is 1. The lowest BCUT2D eigenvalue weighted by molar-refractivity contribution is 0.0955. The van der Waals surface area contributed by atoms with Crippen LogP contribution >= 0.6 is 0 Å². The minimum atomic E-state index is -0.144. The second-order valence-corrected chi connectivity index (χ2v) is 6.21. The number of amides is 1. The van der Waals surface area contributed by atoms with Gasteiger partial charge in [0.05, 0.1) is 20.3 Å². The van der Waals surface area contributed by atoms with E-state index in [1.54, 1.807) is 31.4 Å². The maximum absolute atomic E-state index is 12.2. The quantitative estimate of drug-likeness (QED) is 0.713. The number of aryl methyl sites for hydroxylation is 1. The maximum atomic E-state index is 12.2. The number of nitrogens with zero attached hydrogens (tertiary/aromatic N) is 3. The predicted molar refractivity (Wildman–Crippen MR) is 104 cm³/mol. The molecule has 0 unspecified atom stereocenters. The van der Waals surface area contributed by atoms with Gasteiger partial charge in [-0.2, -0.15) is 4.98 Å².